The van der Waals surface area contributed by atoms with Crippen LogP contribution < -0.4 is 10.1 Å². The molecule has 1 saturated heterocycles. The quantitative estimate of drug-likeness (QED) is 0.414. The van der Waals surface area contributed by atoms with E-state index in [1.165, 1.54) is 24.8 Å². The van der Waals surface area contributed by atoms with E-state index in [0.29, 0.717) is 11.3 Å². The van der Waals surface area contributed by atoms with Crippen LogP contribution in [0, 0.1) is 13.8 Å². The third kappa shape index (κ3) is 5.04. The number of hydrogen-bond acceptors (Lipinski definition) is 8. The number of carboxylic acid groups (broad SMARTS) is 1. The summed E-state index contributed by atoms with van der Waals surface area (Å²) in [6.45, 7) is 5.03. The van der Waals surface area contributed by atoms with E-state index in [1.807, 2.05) is 32.0 Å². The summed E-state index contributed by atoms with van der Waals surface area (Å²) >= 11 is 1.28. The Bertz CT molecular complexity index is 1230. The highest BCUT2D eigenvalue weighted by Crippen LogP contribution is 2.40. The number of aryl methyl sites for hydroxylation is 2. The lowest BCUT2D eigenvalue weighted by molar-refractivity contribution is -0.149. The highest BCUT2D eigenvalue weighted by atomic mass is 32.2. The molecule has 0 spiro atoms. The monoisotopic (exact) mass is 500 g/mol. The van der Waals surface area contributed by atoms with E-state index in [-0.39, 0.29) is 30.4 Å². The van der Waals surface area contributed by atoms with E-state index in [4.69, 9.17) is 13.9 Å². The van der Waals surface area contributed by atoms with Gasteiger partial charge in [-0.2, -0.15) is 0 Å². The number of benzene rings is 1. The van der Waals surface area contributed by atoms with Crippen LogP contribution in [-0.4, -0.2) is 57.5 Å². The normalized spacial score (nSPS) is 19.1. The molecule has 1 fully saturated rings. The number of carboxylic acids is 1. The summed E-state index contributed by atoms with van der Waals surface area (Å²) in [6, 6.07) is 8.07. The molecule has 0 aliphatic carbocycles. The maximum absolute atomic E-state index is 12.7. The van der Waals surface area contributed by atoms with Crippen LogP contribution in [0.3, 0.4) is 0 Å². The molecule has 0 unspecified atom stereocenters. The second-order valence-electron chi connectivity index (χ2n) is 8.22. The van der Waals surface area contributed by atoms with Crippen LogP contribution >= 0.6 is 11.8 Å². The molecule has 0 saturated carbocycles. The van der Waals surface area contributed by atoms with E-state index in [2.05, 4.69) is 5.32 Å². The zero-order chi connectivity index (χ0) is 25.3. The van der Waals surface area contributed by atoms with Crippen molar-refractivity contribution in [1.29, 1.82) is 0 Å². The van der Waals surface area contributed by atoms with Gasteiger partial charge in [0.25, 0.3) is 11.8 Å². The molecule has 4 rings (SSSR count). The van der Waals surface area contributed by atoms with E-state index in [9.17, 15) is 24.3 Å². The van der Waals surface area contributed by atoms with Gasteiger partial charge in [-0.3, -0.25) is 19.3 Å². The fourth-order valence-electron chi connectivity index (χ4n) is 3.78. The number of β-lactam (4-membered cyclic amide) rings is 1. The van der Waals surface area contributed by atoms with Gasteiger partial charge in [-0.25, -0.2) is 4.79 Å². The van der Waals surface area contributed by atoms with Gasteiger partial charge in [-0.15, -0.1) is 11.8 Å². The number of hydrogen-bond donors (Lipinski definition) is 2. The van der Waals surface area contributed by atoms with Crippen LogP contribution in [0.1, 0.15) is 34.4 Å². The first-order valence-corrected chi connectivity index (χ1v) is 11.8. The van der Waals surface area contributed by atoms with Crippen molar-refractivity contribution < 1.29 is 38.2 Å². The number of esters is 1. The molecule has 1 aromatic heterocycles. The van der Waals surface area contributed by atoms with Crippen molar-refractivity contribution >= 4 is 35.5 Å². The molecule has 2 aliphatic heterocycles. The van der Waals surface area contributed by atoms with Crippen LogP contribution in [0.4, 0.5) is 0 Å². The predicted octanol–water partition coefficient (Wildman–Crippen LogP) is 2.39. The molecule has 2 N–H and O–H groups in total. The van der Waals surface area contributed by atoms with E-state index >= 15 is 0 Å². The molecule has 2 atom stereocenters. The second kappa shape index (κ2) is 9.87. The molecule has 0 bridgehead atoms. The van der Waals surface area contributed by atoms with E-state index < -0.39 is 35.2 Å². The van der Waals surface area contributed by atoms with Crippen molar-refractivity contribution in [2.45, 2.75) is 38.8 Å². The number of fused-ring (bicyclic) bond motifs is 1. The topological polar surface area (TPSA) is 135 Å². The summed E-state index contributed by atoms with van der Waals surface area (Å²) in [5, 5.41) is 11.7. The van der Waals surface area contributed by atoms with Crippen molar-refractivity contribution in [3.8, 4) is 5.75 Å². The number of furan rings is 1. The Morgan fingerprint density at radius 2 is 1.97 bits per heavy atom. The van der Waals surface area contributed by atoms with E-state index in [1.54, 1.807) is 6.07 Å². The van der Waals surface area contributed by atoms with Crippen molar-refractivity contribution in [2.75, 3.05) is 12.4 Å². The number of aliphatic carboxylic acids is 1. The third-order valence-electron chi connectivity index (χ3n) is 5.59. The van der Waals surface area contributed by atoms with Gasteiger partial charge in [0.1, 0.15) is 41.8 Å². The number of nitrogens with zero attached hydrogens (tertiary/aromatic N) is 1. The average molecular weight is 501 g/mol. The fraction of sp³-hybridized carbons (Fsp3) is 0.333. The molecular weight excluding hydrogens is 476 g/mol. The Kier molecular flexibility index (Phi) is 6.88. The number of carbonyl (C=O) groups is 4. The van der Waals surface area contributed by atoms with Crippen LogP contribution in [-0.2, 0) is 25.7 Å². The maximum Gasteiger partial charge on any atom is 0.352 e. The molecule has 2 amide bonds. The molecule has 0 radical (unpaired) electrons. The standard InChI is InChI=1S/C24H24N2O8S/c1-12-4-5-13(2)18(8-12)33-10-16-6-7-17(34-16)21(28)25-19-22(29)26-20(24(30)31)15(9-32-14(3)27)11-35-23(19)26/h4-8,19,23H,9-11H2,1-3H3,(H,25,28)(H,30,31)/t19-,23-/m0/s1. The lowest BCUT2D eigenvalue weighted by Gasteiger charge is -2.49. The minimum atomic E-state index is -1.30. The summed E-state index contributed by atoms with van der Waals surface area (Å²) < 4.78 is 16.3. The van der Waals surface area contributed by atoms with Gasteiger partial charge in [-0.05, 0) is 43.2 Å². The van der Waals surface area contributed by atoms with Gasteiger partial charge in [0.05, 0.1) is 0 Å². The Hall–Kier alpha value is -3.73. The molecule has 2 aliphatic rings. The molecule has 184 valence electrons. The number of rotatable bonds is 8. The molecule has 2 aromatic rings. The zero-order valence-electron chi connectivity index (χ0n) is 19.3. The van der Waals surface area contributed by atoms with Crippen molar-refractivity contribution in [3.63, 3.8) is 0 Å². The van der Waals surface area contributed by atoms with Gasteiger partial charge in [0, 0.05) is 18.2 Å². The fourth-order valence-corrected chi connectivity index (χ4v) is 5.11. The lowest BCUT2D eigenvalue weighted by atomic mass is 10.0. The zero-order valence-corrected chi connectivity index (χ0v) is 20.1. The summed E-state index contributed by atoms with van der Waals surface area (Å²) in [5.41, 5.74) is 2.15. The van der Waals surface area contributed by atoms with Gasteiger partial charge >= 0.3 is 11.9 Å². The summed E-state index contributed by atoms with van der Waals surface area (Å²) in [6.07, 6.45) is 0. The first-order valence-electron chi connectivity index (χ1n) is 10.8. The smallest absolute Gasteiger partial charge is 0.352 e. The minimum absolute atomic E-state index is 0.0150. The SMILES string of the molecule is CC(=O)OCC1=C(C(=O)O)N2C(=O)[C@H](NC(=O)c3ccc(COc4cc(C)ccc4C)o3)[C@@H]2SC1. The van der Waals surface area contributed by atoms with Gasteiger partial charge in [-0.1, -0.05) is 12.1 Å². The van der Waals surface area contributed by atoms with Crippen LogP contribution in [0.15, 0.2) is 46.0 Å². The average Bonchev–Trinajstić information content (AvgIpc) is 3.30. The first-order chi connectivity index (χ1) is 16.7. The lowest BCUT2D eigenvalue weighted by Crippen LogP contribution is -2.70. The highest BCUT2D eigenvalue weighted by Gasteiger charge is 2.54. The van der Waals surface area contributed by atoms with Crippen LogP contribution in [0.2, 0.25) is 0 Å². The maximum atomic E-state index is 12.7. The summed E-state index contributed by atoms with van der Waals surface area (Å²) in [7, 11) is 0. The first kappa shape index (κ1) is 24.4. The Balaban J connectivity index is 1.39. The van der Waals surface area contributed by atoms with Crippen molar-refractivity contribution in [1.82, 2.24) is 10.2 Å². The second-order valence-corrected chi connectivity index (χ2v) is 9.33. The van der Waals surface area contributed by atoms with Gasteiger partial charge in [0.2, 0.25) is 0 Å². The summed E-state index contributed by atoms with van der Waals surface area (Å²) in [5.74, 6) is -1.57. The largest absolute Gasteiger partial charge is 0.485 e. The van der Waals surface area contributed by atoms with Gasteiger partial charge < -0.3 is 24.3 Å². The number of thioether (sulfide) groups is 1. The molecule has 11 heteroatoms. The Morgan fingerprint density at radius 3 is 2.69 bits per heavy atom. The number of nitrogens with one attached hydrogen (secondary N) is 1. The van der Waals surface area contributed by atoms with Crippen LogP contribution in [0.25, 0.3) is 0 Å². The molecule has 3 heterocycles. The van der Waals surface area contributed by atoms with Crippen molar-refractivity contribution in [2.24, 2.45) is 0 Å². The minimum Gasteiger partial charge on any atom is -0.485 e. The number of ether oxygens (including phenoxy) is 2. The Morgan fingerprint density at radius 1 is 1.20 bits per heavy atom. The highest BCUT2D eigenvalue weighted by molar-refractivity contribution is 8.00. The molecule has 1 aromatic carbocycles. The van der Waals surface area contributed by atoms with Gasteiger partial charge in [0.15, 0.2) is 5.76 Å². The molecular formula is C24H24N2O8S. The van der Waals surface area contributed by atoms with Crippen LogP contribution in [0.5, 0.6) is 5.75 Å². The molecule has 35 heavy (non-hydrogen) atoms. The third-order valence-corrected chi connectivity index (χ3v) is 6.92. The van der Waals surface area contributed by atoms with Crippen molar-refractivity contribution in [3.05, 3.63) is 64.2 Å². The predicted molar refractivity (Wildman–Crippen MR) is 125 cm³/mol. The number of carbonyl (C=O) groups excluding carboxylic acids is 3. The number of amides is 2. The molecule has 10 nitrogen and oxygen atoms in total. The Labute approximate surface area is 205 Å². The summed E-state index contributed by atoms with van der Waals surface area (Å²) in [4.78, 5) is 49.4. The van der Waals surface area contributed by atoms with E-state index in [0.717, 1.165) is 21.8 Å².